The highest BCUT2D eigenvalue weighted by atomic mass is 32.2. The van der Waals surface area contributed by atoms with Crippen LogP contribution in [-0.4, -0.2) is 29.5 Å². The predicted octanol–water partition coefficient (Wildman–Crippen LogP) is 2.89. The lowest BCUT2D eigenvalue weighted by atomic mass is 10.2. The summed E-state index contributed by atoms with van der Waals surface area (Å²) in [6.07, 6.45) is 0.470. The molecule has 2 amide bonds. The highest BCUT2D eigenvalue weighted by molar-refractivity contribution is 7.99. The van der Waals surface area contributed by atoms with Crippen molar-refractivity contribution in [2.24, 2.45) is 0 Å². The second-order valence-electron chi connectivity index (χ2n) is 3.91. The Hall–Kier alpha value is -1.34. The monoisotopic (exact) mass is 290 g/mol. The Kier molecular flexibility index (Phi) is 6.58. The van der Waals surface area contributed by atoms with E-state index in [2.05, 4.69) is 10.6 Å². The second-order valence-corrected chi connectivity index (χ2v) is 4.98. The molecule has 4 nitrogen and oxygen atoms in total. The van der Waals surface area contributed by atoms with Gasteiger partial charge in [0.25, 0.3) is 5.76 Å². The van der Waals surface area contributed by atoms with Gasteiger partial charge in [-0.15, -0.1) is 0 Å². The Balaban J connectivity index is 2.46. The lowest BCUT2D eigenvalue weighted by Gasteiger charge is -2.13. The first-order valence-corrected chi connectivity index (χ1v) is 6.62. The van der Waals surface area contributed by atoms with Crippen LogP contribution in [0.4, 0.5) is 19.3 Å². The predicted molar refractivity (Wildman–Crippen MR) is 71.6 cm³/mol. The molecule has 7 heteroatoms. The zero-order valence-electron chi connectivity index (χ0n) is 10.4. The first-order chi connectivity index (χ1) is 9.01. The molecule has 0 radical (unpaired) electrons. The summed E-state index contributed by atoms with van der Waals surface area (Å²) >= 11 is 0.454. The summed E-state index contributed by atoms with van der Waals surface area (Å²) in [7, 11) is 0. The SMILES string of the molecule is C[C@H](CCO)NC(=O)Nc1ccc(SC(F)F)cc1. The molecule has 0 heterocycles. The number of amides is 2. The molecule has 0 saturated heterocycles. The highest BCUT2D eigenvalue weighted by Gasteiger charge is 2.08. The quantitative estimate of drug-likeness (QED) is 0.706. The minimum absolute atomic E-state index is 0.000987. The average Bonchev–Trinajstić information content (AvgIpc) is 2.31. The van der Waals surface area contributed by atoms with Crippen molar-refractivity contribution < 1.29 is 18.7 Å². The first kappa shape index (κ1) is 15.7. The van der Waals surface area contributed by atoms with Crippen molar-refractivity contribution in [3.8, 4) is 0 Å². The minimum Gasteiger partial charge on any atom is -0.396 e. The number of anilines is 1. The smallest absolute Gasteiger partial charge is 0.319 e. The van der Waals surface area contributed by atoms with Crippen LogP contribution in [0.15, 0.2) is 29.2 Å². The van der Waals surface area contributed by atoms with Crippen LogP contribution < -0.4 is 10.6 Å². The Morgan fingerprint density at radius 2 is 2.00 bits per heavy atom. The van der Waals surface area contributed by atoms with Gasteiger partial charge in [0.2, 0.25) is 0 Å². The van der Waals surface area contributed by atoms with Gasteiger partial charge in [-0.3, -0.25) is 0 Å². The molecule has 0 saturated carbocycles. The molecular formula is C12H16F2N2O2S. The summed E-state index contributed by atoms with van der Waals surface area (Å²) in [5, 5.41) is 13.9. The van der Waals surface area contributed by atoms with Crippen molar-refractivity contribution in [3.05, 3.63) is 24.3 Å². The molecule has 106 valence electrons. The van der Waals surface area contributed by atoms with Gasteiger partial charge in [-0.2, -0.15) is 8.78 Å². The number of aliphatic hydroxyl groups is 1. The van der Waals surface area contributed by atoms with Gasteiger partial charge in [0.15, 0.2) is 0 Å². The molecule has 0 unspecified atom stereocenters. The summed E-state index contributed by atoms with van der Waals surface area (Å²) in [5.74, 6) is -2.46. The van der Waals surface area contributed by atoms with Crippen molar-refractivity contribution in [2.45, 2.75) is 30.0 Å². The molecule has 0 aliphatic heterocycles. The van der Waals surface area contributed by atoms with Gasteiger partial charge in [0, 0.05) is 23.2 Å². The summed E-state index contributed by atoms with van der Waals surface area (Å²) in [6, 6.07) is 5.61. The highest BCUT2D eigenvalue weighted by Crippen LogP contribution is 2.26. The molecule has 0 spiro atoms. The van der Waals surface area contributed by atoms with Gasteiger partial charge in [-0.05, 0) is 37.6 Å². The van der Waals surface area contributed by atoms with Gasteiger partial charge in [-0.1, -0.05) is 11.8 Å². The number of halogens is 2. The van der Waals surface area contributed by atoms with Crippen LogP contribution in [0.25, 0.3) is 0 Å². The van der Waals surface area contributed by atoms with Crippen LogP contribution >= 0.6 is 11.8 Å². The molecule has 0 bridgehead atoms. The van der Waals surface area contributed by atoms with E-state index in [4.69, 9.17) is 5.11 Å². The van der Waals surface area contributed by atoms with E-state index in [1.54, 1.807) is 19.1 Å². The maximum absolute atomic E-state index is 12.1. The third-order valence-corrected chi connectivity index (χ3v) is 3.00. The van der Waals surface area contributed by atoms with Crippen LogP contribution in [0.5, 0.6) is 0 Å². The number of carbonyl (C=O) groups is 1. The number of aliphatic hydroxyl groups excluding tert-OH is 1. The molecule has 1 aromatic carbocycles. The fraction of sp³-hybridized carbons (Fsp3) is 0.417. The van der Waals surface area contributed by atoms with Crippen molar-refractivity contribution in [1.82, 2.24) is 5.32 Å². The van der Waals surface area contributed by atoms with E-state index in [9.17, 15) is 13.6 Å². The third-order valence-electron chi connectivity index (χ3n) is 2.28. The molecule has 3 N–H and O–H groups in total. The zero-order chi connectivity index (χ0) is 14.3. The van der Waals surface area contributed by atoms with Crippen molar-refractivity contribution >= 4 is 23.5 Å². The van der Waals surface area contributed by atoms with Gasteiger partial charge >= 0.3 is 6.03 Å². The number of hydrogen-bond acceptors (Lipinski definition) is 3. The van der Waals surface area contributed by atoms with Crippen molar-refractivity contribution in [2.75, 3.05) is 11.9 Å². The van der Waals surface area contributed by atoms with Crippen molar-refractivity contribution in [1.29, 1.82) is 0 Å². The molecule has 0 aromatic heterocycles. The standard InChI is InChI=1S/C12H16F2N2O2S/c1-8(6-7-17)15-12(18)16-9-2-4-10(5-3-9)19-11(13)14/h2-5,8,11,17H,6-7H2,1H3,(H2,15,16,18)/t8-/m1/s1. The Bertz CT molecular complexity index is 401. The van der Waals surface area contributed by atoms with E-state index in [1.807, 2.05) is 0 Å². The van der Waals surface area contributed by atoms with Crippen LogP contribution in [0, 0.1) is 0 Å². The molecule has 0 fully saturated rings. The van der Waals surface area contributed by atoms with E-state index in [1.165, 1.54) is 12.1 Å². The fourth-order valence-corrected chi connectivity index (χ4v) is 1.88. The summed E-state index contributed by atoms with van der Waals surface area (Å²) in [5.41, 5.74) is 0.521. The number of rotatable bonds is 6. The van der Waals surface area contributed by atoms with Crippen LogP contribution in [0.1, 0.15) is 13.3 Å². The van der Waals surface area contributed by atoms with E-state index in [0.29, 0.717) is 28.8 Å². The summed E-state index contributed by atoms with van der Waals surface area (Å²) < 4.78 is 24.2. The number of benzene rings is 1. The molecule has 0 aliphatic carbocycles. The maximum Gasteiger partial charge on any atom is 0.319 e. The molecular weight excluding hydrogens is 274 g/mol. The first-order valence-electron chi connectivity index (χ1n) is 5.74. The number of hydrogen-bond donors (Lipinski definition) is 3. The van der Waals surface area contributed by atoms with E-state index < -0.39 is 11.8 Å². The normalized spacial score (nSPS) is 12.3. The Morgan fingerprint density at radius 1 is 1.37 bits per heavy atom. The summed E-state index contributed by atoms with van der Waals surface area (Å²) in [4.78, 5) is 12.0. The average molecular weight is 290 g/mol. The van der Waals surface area contributed by atoms with Gasteiger partial charge in [0.1, 0.15) is 0 Å². The third kappa shape index (κ3) is 6.40. The van der Waals surface area contributed by atoms with Crippen LogP contribution in [0.3, 0.4) is 0 Å². The molecule has 1 rings (SSSR count). The van der Waals surface area contributed by atoms with Crippen molar-refractivity contribution in [3.63, 3.8) is 0 Å². The van der Waals surface area contributed by atoms with Gasteiger partial charge in [0.05, 0.1) is 0 Å². The van der Waals surface area contributed by atoms with E-state index >= 15 is 0 Å². The number of nitrogens with one attached hydrogen (secondary N) is 2. The Labute approximate surface area is 114 Å². The summed E-state index contributed by atoms with van der Waals surface area (Å²) in [6.45, 7) is 1.78. The maximum atomic E-state index is 12.1. The van der Waals surface area contributed by atoms with Gasteiger partial charge < -0.3 is 15.7 Å². The number of carbonyl (C=O) groups excluding carboxylic acids is 1. The zero-order valence-corrected chi connectivity index (χ0v) is 11.2. The molecule has 19 heavy (non-hydrogen) atoms. The van der Waals surface area contributed by atoms with Crippen LogP contribution in [-0.2, 0) is 0 Å². The number of alkyl halides is 2. The fourth-order valence-electron chi connectivity index (χ4n) is 1.38. The number of thioether (sulfide) groups is 1. The number of urea groups is 1. The molecule has 1 atom stereocenters. The van der Waals surface area contributed by atoms with Crippen LogP contribution in [0.2, 0.25) is 0 Å². The van der Waals surface area contributed by atoms with E-state index in [-0.39, 0.29) is 12.6 Å². The van der Waals surface area contributed by atoms with E-state index in [0.717, 1.165) is 0 Å². The van der Waals surface area contributed by atoms with Gasteiger partial charge in [-0.25, -0.2) is 4.79 Å². The topological polar surface area (TPSA) is 61.4 Å². The molecule has 1 aromatic rings. The molecule has 0 aliphatic rings. The Morgan fingerprint density at radius 3 is 2.53 bits per heavy atom. The largest absolute Gasteiger partial charge is 0.396 e. The lowest BCUT2D eigenvalue weighted by Crippen LogP contribution is -2.36. The lowest BCUT2D eigenvalue weighted by molar-refractivity contribution is 0.241. The minimum atomic E-state index is -2.46. The second kappa shape index (κ2) is 7.96.